The summed E-state index contributed by atoms with van der Waals surface area (Å²) in [5.41, 5.74) is 0. The molecule has 2 saturated carbocycles. The Balaban J connectivity index is 0.000000111. The van der Waals surface area contributed by atoms with Crippen molar-refractivity contribution in [2.24, 2.45) is 47.3 Å². The van der Waals surface area contributed by atoms with Crippen LogP contribution in [-0.4, -0.2) is 0 Å². The van der Waals surface area contributed by atoms with Crippen LogP contribution >= 0.6 is 0 Å². The Bertz CT molecular complexity index is 296. The number of allylic oxidation sites excluding steroid dienone is 4. The molecule has 4 bridgehead atoms. The molecule has 0 amide bonds. The minimum atomic E-state index is 0.935. The summed E-state index contributed by atoms with van der Waals surface area (Å²) in [4.78, 5) is 0. The van der Waals surface area contributed by atoms with E-state index >= 15 is 0 Å². The maximum atomic E-state index is 2.41. The maximum Gasteiger partial charge on any atom is -0.0199 e. The Morgan fingerprint density at radius 2 is 0.722 bits per heavy atom. The zero-order valence-corrected chi connectivity index (χ0v) is 12.3. The van der Waals surface area contributed by atoms with Gasteiger partial charge in [0.05, 0.1) is 0 Å². The lowest BCUT2D eigenvalue weighted by Crippen LogP contribution is -2.12. The fourth-order valence-corrected chi connectivity index (χ4v) is 4.63. The van der Waals surface area contributed by atoms with Gasteiger partial charge in [-0.25, -0.2) is 0 Å². The molecule has 8 atom stereocenters. The molecule has 0 N–H and O–H groups in total. The highest BCUT2D eigenvalue weighted by Crippen LogP contribution is 2.47. The third-order valence-electron chi connectivity index (χ3n) is 6.66. The van der Waals surface area contributed by atoms with Crippen molar-refractivity contribution in [2.75, 3.05) is 0 Å². The molecule has 18 heavy (non-hydrogen) atoms. The normalized spacial score (nSPS) is 54.9. The van der Waals surface area contributed by atoms with E-state index in [4.69, 9.17) is 0 Å². The average Bonchev–Trinajstić information content (AvgIpc) is 3.09. The molecular formula is C18H28. The van der Waals surface area contributed by atoms with E-state index in [1.165, 1.54) is 12.8 Å². The summed E-state index contributed by atoms with van der Waals surface area (Å²) in [7, 11) is 0. The van der Waals surface area contributed by atoms with Crippen molar-refractivity contribution in [1.82, 2.24) is 0 Å². The summed E-state index contributed by atoms with van der Waals surface area (Å²) < 4.78 is 0. The first-order valence-corrected chi connectivity index (χ1v) is 7.94. The smallest absolute Gasteiger partial charge is 0.0199 e. The van der Waals surface area contributed by atoms with Crippen LogP contribution in [0.4, 0.5) is 0 Å². The van der Waals surface area contributed by atoms with Crippen LogP contribution in [0.25, 0.3) is 0 Å². The third kappa shape index (κ3) is 1.89. The van der Waals surface area contributed by atoms with Gasteiger partial charge in [-0.3, -0.25) is 0 Å². The third-order valence-corrected chi connectivity index (χ3v) is 6.66. The van der Waals surface area contributed by atoms with E-state index in [1.807, 2.05) is 0 Å². The van der Waals surface area contributed by atoms with Crippen molar-refractivity contribution >= 4 is 0 Å². The fourth-order valence-electron chi connectivity index (χ4n) is 4.63. The quantitative estimate of drug-likeness (QED) is 0.530. The van der Waals surface area contributed by atoms with Crippen LogP contribution in [0.5, 0.6) is 0 Å². The topological polar surface area (TPSA) is 0 Å². The van der Waals surface area contributed by atoms with E-state index < -0.39 is 0 Å². The predicted molar refractivity (Wildman–Crippen MR) is 78.1 cm³/mol. The molecule has 0 radical (unpaired) electrons. The van der Waals surface area contributed by atoms with Gasteiger partial charge in [0, 0.05) is 0 Å². The molecule has 8 unspecified atom stereocenters. The Morgan fingerprint density at radius 3 is 0.833 bits per heavy atom. The second-order valence-corrected chi connectivity index (χ2v) is 7.33. The molecular weight excluding hydrogens is 216 g/mol. The second kappa shape index (κ2) is 4.54. The Kier molecular flexibility index (Phi) is 3.16. The molecule has 2 fully saturated rings. The van der Waals surface area contributed by atoms with Gasteiger partial charge in [0.25, 0.3) is 0 Å². The monoisotopic (exact) mass is 244 g/mol. The fraction of sp³-hybridized carbons (Fsp3) is 0.778. The van der Waals surface area contributed by atoms with Crippen molar-refractivity contribution in [1.29, 1.82) is 0 Å². The summed E-state index contributed by atoms with van der Waals surface area (Å²) in [6.45, 7) is 9.55. The first kappa shape index (κ1) is 12.5. The van der Waals surface area contributed by atoms with Gasteiger partial charge in [0.2, 0.25) is 0 Å². The molecule has 0 aromatic heterocycles. The highest BCUT2D eigenvalue weighted by molar-refractivity contribution is 5.12. The zero-order valence-electron chi connectivity index (χ0n) is 12.3. The van der Waals surface area contributed by atoms with Gasteiger partial charge in [0.1, 0.15) is 0 Å². The standard InChI is InChI=1S/2C9H14/c2*1-6-7(2)9-4-3-8(6)5-9/h2*3-4,6-9H,5H2,1-2H3. The van der Waals surface area contributed by atoms with Gasteiger partial charge in [-0.1, -0.05) is 52.0 Å². The average molecular weight is 244 g/mol. The lowest BCUT2D eigenvalue weighted by Gasteiger charge is -2.19. The minimum absolute atomic E-state index is 0.935. The van der Waals surface area contributed by atoms with Crippen LogP contribution in [0.15, 0.2) is 24.3 Å². The Morgan fingerprint density at radius 1 is 0.500 bits per heavy atom. The molecule has 0 saturated heterocycles. The number of rotatable bonds is 0. The van der Waals surface area contributed by atoms with Crippen molar-refractivity contribution in [3.63, 3.8) is 0 Å². The second-order valence-electron chi connectivity index (χ2n) is 7.33. The molecule has 0 aliphatic heterocycles. The van der Waals surface area contributed by atoms with Gasteiger partial charge in [-0.05, 0) is 60.2 Å². The Hall–Kier alpha value is -0.520. The zero-order chi connectivity index (χ0) is 12.9. The van der Waals surface area contributed by atoms with Crippen molar-refractivity contribution in [2.45, 2.75) is 40.5 Å². The molecule has 100 valence electrons. The summed E-state index contributed by atoms with van der Waals surface area (Å²) in [5.74, 6) is 7.57. The number of hydrogen-bond acceptors (Lipinski definition) is 0. The highest BCUT2D eigenvalue weighted by Gasteiger charge is 2.39. The molecule has 0 nitrogen and oxygen atoms in total. The molecule has 0 heteroatoms. The van der Waals surface area contributed by atoms with Crippen LogP contribution in [0.1, 0.15) is 40.5 Å². The predicted octanol–water partition coefficient (Wildman–Crippen LogP) is 4.93. The summed E-state index contributed by atoms with van der Waals surface area (Å²) in [6, 6.07) is 0. The summed E-state index contributed by atoms with van der Waals surface area (Å²) in [6.07, 6.45) is 12.5. The van der Waals surface area contributed by atoms with Crippen LogP contribution < -0.4 is 0 Å². The van der Waals surface area contributed by atoms with E-state index in [0.717, 1.165) is 47.3 Å². The Labute approximate surface area is 113 Å². The lowest BCUT2D eigenvalue weighted by molar-refractivity contribution is 0.364. The first-order chi connectivity index (χ1) is 8.58. The van der Waals surface area contributed by atoms with Gasteiger partial charge in [-0.2, -0.15) is 0 Å². The molecule has 0 heterocycles. The van der Waals surface area contributed by atoms with Gasteiger partial charge >= 0.3 is 0 Å². The number of fused-ring (bicyclic) bond motifs is 4. The molecule has 0 aromatic carbocycles. The van der Waals surface area contributed by atoms with Crippen molar-refractivity contribution < 1.29 is 0 Å². The van der Waals surface area contributed by atoms with Crippen LogP contribution in [-0.2, 0) is 0 Å². The molecule has 0 spiro atoms. The van der Waals surface area contributed by atoms with Crippen LogP contribution in [0.3, 0.4) is 0 Å². The minimum Gasteiger partial charge on any atom is -0.0848 e. The largest absolute Gasteiger partial charge is 0.0848 e. The maximum absolute atomic E-state index is 2.41. The SMILES string of the molecule is CC1C2C=CC(C2)C1C.CC1C2C=CC(C2)C1C. The van der Waals surface area contributed by atoms with Crippen LogP contribution in [0, 0.1) is 47.3 Å². The van der Waals surface area contributed by atoms with E-state index in [-0.39, 0.29) is 0 Å². The summed E-state index contributed by atoms with van der Waals surface area (Å²) in [5, 5.41) is 0. The van der Waals surface area contributed by atoms with Crippen molar-refractivity contribution in [3.05, 3.63) is 24.3 Å². The lowest BCUT2D eigenvalue weighted by atomic mass is 9.86. The van der Waals surface area contributed by atoms with Gasteiger partial charge < -0.3 is 0 Å². The van der Waals surface area contributed by atoms with Crippen molar-refractivity contribution in [3.8, 4) is 0 Å². The first-order valence-electron chi connectivity index (χ1n) is 7.94. The van der Waals surface area contributed by atoms with E-state index in [9.17, 15) is 0 Å². The van der Waals surface area contributed by atoms with E-state index in [2.05, 4.69) is 52.0 Å². The molecule has 0 aromatic rings. The molecule has 4 aliphatic carbocycles. The summed E-state index contributed by atoms with van der Waals surface area (Å²) >= 11 is 0. The van der Waals surface area contributed by atoms with Gasteiger partial charge in [-0.15, -0.1) is 0 Å². The van der Waals surface area contributed by atoms with Crippen LogP contribution in [0.2, 0.25) is 0 Å². The van der Waals surface area contributed by atoms with Gasteiger partial charge in [0.15, 0.2) is 0 Å². The molecule has 4 rings (SSSR count). The molecule has 4 aliphatic rings. The number of hydrogen-bond donors (Lipinski definition) is 0. The van der Waals surface area contributed by atoms with E-state index in [1.54, 1.807) is 0 Å². The highest BCUT2D eigenvalue weighted by atomic mass is 14.4. The van der Waals surface area contributed by atoms with E-state index in [0.29, 0.717) is 0 Å².